The minimum absolute atomic E-state index is 0.0978. The fraction of sp³-hybridized carbons (Fsp3) is 0.143. The van der Waals surface area contributed by atoms with Crippen LogP contribution in [0.2, 0.25) is 10.0 Å². The van der Waals surface area contributed by atoms with Crippen molar-refractivity contribution in [3.63, 3.8) is 0 Å². The Labute approximate surface area is 167 Å². The predicted molar refractivity (Wildman–Crippen MR) is 109 cm³/mol. The number of carbonyl (C=O) groups is 2. The van der Waals surface area contributed by atoms with Crippen LogP contribution in [-0.2, 0) is 0 Å². The maximum Gasteiger partial charge on any atom is 0.273 e. The molecule has 0 atom stereocenters. The highest BCUT2D eigenvalue weighted by Crippen LogP contribution is 2.23. The molecule has 4 nitrogen and oxygen atoms in total. The van der Waals surface area contributed by atoms with Crippen LogP contribution in [0, 0.1) is 13.8 Å². The Bertz CT molecular complexity index is 977. The summed E-state index contributed by atoms with van der Waals surface area (Å²) in [5.41, 5.74) is 2.60. The molecule has 0 radical (unpaired) electrons. The summed E-state index contributed by atoms with van der Waals surface area (Å²) >= 11 is 12.0. The lowest BCUT2D eigenvalue weighted by Gasteiger charge is -2.26. The quantitative estimate of drug-likeness (QED) is 0.560. The van der Waals surface area contributed by atoms with Crippen LogP contribution in [0.5, 0.6) is 0 Å². The zero-order valence-corrected chi connectivity index (χ0v) is 16.5. The number of aryl methyl sites for hydroxylation is 2. The van der Waals surface area contributed by atoms with Crippen molar-refractivity contribution < 1.29 is 9.59 Å². The first-order chi connectivity index (χ1) is 12.9. The van der Waals surface area contributed by atoms with Gasteiger partial charge in [-0.25, -0.2) is 5.01 Å². The molecule has 138 valence electrons. The average Bonchev–Trinajstić information content (AvgIpc) is 3.00. The van der Waals surface area contributed by atoms with Gasteiger partial charge in [-0.15, -0.1) is 0 Å². The van der Waals surface area contributed by atoms with Crippen molar-refractivity contribution >= 4 is 34.9 Å². The second-order valence-corrected chi connectivity index (χ2v) is 7.02. The number of carbonyl (C=O) groups excluding carboxylic acids is 2. The Morgan fingerprint density at radius 3 is 2.07 bits per heavy atom. The first-order valence-electron chi connectivity index (χ1n) is 8.39. The Balaban J connectivity index is 2.01. The molecule has 2 aromatic carbocycles. The first kappa shape index (κ1) is 19.2. The lowest BCUT2D eigenvalue weighted by molar-refractivity contribution is 0.0908. The third-order valence-corrected chi connectivity index (χ3v) is 5.00. The minimum atomic E-state index is -0.333. The van der Waals surface area contributed by atoms with Crippen molar-refractivity contribution in [2.45, 2.75) is 13.8 Å². The highest BCUT2D eigenvalue weighted by Gasteiger charge is 2.24. The van der Waals surface area contributed by atoms with Gasteiger partial charge >= 0.3 is 0 Å². The fourth-order valence-electron chi connectivity index (χ4n) is 2.90. The van der Waals surface area contributed by atoms with Crippen LogP contribution < -0.4 is 5.01 Å². The number of rotatable bonds is 5. The van der Waals surface area contributed by atoms with E-state index < -0.39 is 0 Å². The third kappa shape index (κ3) is 4.07. The van der Waals surface area contributed by atoms with Crippen molar-refractivity contribution in [2.75, 3.05) is 11.6 Å². The normalized spacial score (nSPS) is 10.7. The molecule has 0 spiro atoms. The molecular weight excluding hydrogens is 383 g/mol. The number of aromatic nitrogens is 1. The molecule has 0 aliphatic rings. The molecular formula is C21H18Cl2N2O2. The second kappa shape index (κ2) is 7.99. The van der Waals surface area contributed by atoms with Gasteiger partial charge in [0.25, 0.3) is 5.91 Å². The molecule has 0 saturated heterocycles. The van der Waals surface area contributed by atoms with Crippen LogP contribution >= 0.6 is 23.2 Å². The summed E-state index contributed by atoms with van der Waals surface area (Å²) in [6, 6.07) is 17.4. The number of hydrogen-bond acceptors (Lipinski definition) is 2. The van der Waals surface area contributed by atoms with Crippen molar-refractivity contribution in [3.05, 3.63) is 93.2 Å². The minimum Gasteiger partial charge on any atom is -0.292 e. The molecule has 1 aromatic heterocycles. The van der Waals surface area contributed by atoms with E-state index in [0.717, 1.165) is 11.4 Å². The SMILES string of the molecule is Cc1ccc(C)n1N(CC(=O)c1ccccc1)C(=O)c1ccc(Cl)c(Cl)c1. The zero-order valence-electron chi connectivity index (χ0n) is 14.9. The van der Waals surface area contributed by atoms with Crippen LogP contribution in [-0.4, -0.2) is 22.9 Å². The number of nitrogens with zero attached hydrogens (tertiary/aromatic N) is 2. The van der Waals surface area contributed by atoms with Gasteiger partial charge in [-0.05, 0) is 44.2 Å². The first-order valence-corrected chi connectivity index (χ1v) is 9.14. The van der Waals surface area contributed by atoms with E-state index in [1.807, 2.05) is 32.0 Å². The molecule has 6 heteroatoms. The molecule has 1 heterocycles. The van der Waals surface area contributed by atoms with Gasteiger partial charge in [-0.2, -0.15) is 0 Å². The summed E-state index contributed by atoms with van der Waals surface area (Å²) in [4.78, 5) is 26.0. The van der Waals surface area contributed by atoms with Gasteiger partial charge in [0.05, 0.1) is 10.0 Å². The van der Waals surface area contributed by atoms with E-state index in [0.29, 0.717) is 16.1 Å². The number of ketones is 1. The number of benzene rings is 2. The molecule has 0 aliphatic carbocycles. The monoisotopic (exact) mass is 400 g/mol. The van der Waals surface area contributed by atoms with Gasteiger partial charge in [0.2, 0.25) is 0 Å². The topological polar surface area (TPSA) is 42.3 Å². The van der Waals surface area contributed by atoms with Gasteiger partial charge < -0.3 is 0 Å². The van der Waals surface area contributed by atoms with Crippen LogP contribution in [0.15, 0.2) is 60.7 Å². The maximum absolute atomic E-state index is 13.2. The summed E-state index contributed by atoms with van der Waals surface area (Å²) in [7, 11) is 0. The molecule has 0 fully saturated rings. The van der Waals surface area contributed by atoms with E-state index >= 15 is 0 Å². The van der Waals surface area contributed by atoms with Gasteiger partial charge in [0.15, 0.2) is 5.78 Å². The highest BCUT2D eigenvalue weighted by molar-refractivity contribution is 6.42. The second-order valence-electron chi connectivity index (χ2n) is 6.21. The molecule has 3 aromatic rings. The Morgan fingerprint density at radius 1 is 0.852 bits per heavy atom. The zero-order chi connectivity index (χ0) is 19.6. The Hall–Kier alpha value is -2.56. The number of Topliss-reactive ketones (excluding diaryl/α,β-unsaturated/α-hetero) is 1. The number of hydrogen-bond donors (Lipinski definition) is 0. The van der Waals surface area contributed by atoms with E-state index in [9.17, 15) is 9.59 Å². The molecule has 3 rings (SSSR count). The standard InChI is InChI=1S/C21H18Cl2N2O2/c1-14-8-9-15(2)25(14)24(13-20(26)16-6-4-3-5-7-16)21(27)17-10-11-18(22)19(23)12-17/h3-12H,13H2,1-2H3. The maximum atomic E-state index is 13.2. The third-order valence-electron chi connectivity index (χ3n) is 4.27. The van der Waals surface area contributed by atoms with Crippen molar-refractivity contribution in [1.82, 2.24) is 4.68 Å². The molecule has 0 saturated carbocycles. The van der Waals surface area contributed by atoms with Crippen molar-refractivity contribution in [3.8, 4) is 0 Å². The summed E-state index contributed by atoms with van der Waals surface area (Å²) in [5.74, 6) is -0.489. The van der Waals surface area contributed by atoms with E-state index in [1.165, 1.54) is 11.1 Å². The Morgan fingerprint density at radius 2 is 1.48 bits per heavy atom. The van der Waals surface area contributed by atoms with E-state index in [-0.39, 0.29) is 23.3 Å². The smallest absolute Gasteiger partial charge is 0.273 e. The molecule has 0 aliphatic heterocycles. The van der Waals surface area contributed by atoms with Gasteiger partial charge in [-0.1, -0.05) is 53.5 Å². The van der Waals surface area contributed by atoms with E-state index in [4.69, 9.17) is 23.2 Å². The number of halogens is 2. The highest BCUT2D eigenvalue weighted by atomic mass is 35.5. The van der Waals surface area contributed by atoms with Crippen LogP contribution in [0.25, 0.3) is 0 Å². The fourth-order valence-corrected chi connectivity index (χ4v) is 3.20. The molecule has 0 unspecified atom stereocenters. The largest absolute Gasteiger partial charge is 0.292 e. The van der Waals surface area contributed by atoms with Gasteiger partial charge in [0, 0.05) is 22.5 Å². The van der Waals surface area contributed by atoms with Gasteiger partial charge in [-0.3, -0.25) is 14.3 Å². The summed E-state index contributed by atoms with van der Waals surface area (Å²) in [5, 5.41) is 2.09. The molecule has 0 bridgehead atoms. The summed E-state index contributed by atoms with van der Waals surface area (Å²) < 4.78 is 1.74. The Kier molecular flexibility index (Phi) is 5.68. The predicted octanol–water partition coefficient (Wildman–Crippen LogP) is 5.07. The lowest BCUT2D eigenvalue weighted by Crippen LogP contribution is -2.45. The number of amides is 1. The molecule has 27 heavy (non-hydrogen) atoms. The van der Waals surface area contributed by atoms with Crippen LogP contribution in [0.4, 0.5) is 0 Å². The summed E-state index contributed by atoms with van der Waals surface area (Å²) in [6.07, 6.45) is 0. The van der Waals surface area contributed by atoms with Crippen LogP contribution in [0.3, 0.4) is 0 Å². The van der Waals surface area contributed by atoms with Crippen molar-refractivity contribution in [1.29, 1.82) is 0 Å². The van der Waals surface area contributed by atoms with Gasteiger partial charge in [0.1, 0.15) is 6.54 Å². The van der Waals surface area contributed by atoms with Crippen LogP contribution in [0.1, 0.15) is 32.1 Å². The van der Waals surface area contributed by atoms with E-state index in [1.54, 1.807) is 41.1 Å². The molecule has 0 N–H and O–H groups in total. The average molecular weight is 401 g/mol. The van der Waals surface area contributed by atoms with E-state index in [2.05, 4.69) is 0 Å². The van der Waals surface area contributed by atoms with Crippen molar-refractivity contribution in [2.24, 2.45) is 0 Å². The summed E-state index contributed by atoms with van der Waals surface area (Å²) in [6.45, 7) is 3.67. The molecule has 1 amide bonds. The lowest BCUT2D eigenvalue weighted by atomic mass is 10.1.